The Morgan fingerprint density at radius 2 is 1.88 bits per heavy atom. The van der Waals surface area contributed by atoms with E-state index < -0.39 is 0 Å². The number of aromatic amines is 2. The summed E-state index contributed by atoms with van der Waals surface area (Å²) in [5.41, 5.74) is 6.52. The number of nitrogens with two attached hydrogens (primary N) is 1. The molecule has 1 heterocycles. The Balaban J connectivity index is 2.60. The van der Waals surface area contributed by atoms with Crippen LogP contribution in [-0.2, 0) is 0 Å². The topological polar surface area (TPSA) is 83.9 Å². The molecule has 5 nitrogen and oxygen atoms in total. The van der Waals surface area contributed by atoms with Crippen molar-refractivity contribution in [3.8, 4) is 16.9 Å². The summed E-state index contributed by atoms with van der Waals surface area (Å²) in [7, 11) is 1.58. The lowest BCUT2D eigenvalue weighted by Gasteiger charge is -2.05. The number of nitrogens with one attached hydrogen (secondary N) is 2. The highest BCUT2D eigenvalue weighted by atomic mass is 32.1. The van der Waals surface area contributed by atoms with Gasteiger partial charge in [-0.25, -0.2) is 0 Å². The van der Waals surface area contributed by atoms with Crippen LogP contribution in [0.15, 0.2) is 29.1 Å². The van der Waals surface area contributed by atoms with Gasteiger partial charge in [0.05, 0.1) is 12.7 Å². The second kappa shape index (κ2) is 4.42. The molecule has 1 aromatic heterocycles. The molecule has 17 heavy (non-hydrogen) atoms. The number of anilines is 1. The Labute approximate surface area is 102 Å². The van der Waals surface area contributed by atoms with Crippen molar-refractivity contribution in [1.29, 1.82) is 0 Å². The summed E-state index contributed by atoms with van der Waals surface area (Å²) < 4.78 is 5.26. The van der Waals surface area contributed by atoms with Crippen LogP contribution in [0, 0.1) is 4.77 Å². The van der Waals surface area contributed by atoms with Gasteiger partial charge in [-0.2, -0.15) is 0 Å². The van der Waals surface area contributed by atoms with Crippen LogP contribution in [-0.4, -0.2) is 17.1 Å². The van der Waals surface area contributed by atoms with Crippen LogP contribution >= 0.6 is 12.2 Å². The molecule has 4 N–H and O–H groups in total. The molecule has 0 atom stereocenters. The molecule has 0 unspecified atom stereocenters. The van der Waals surface area contributed by atoms with Crippen molar-refractivity contribution >= 4 is 18.0 Å². The molecule has 0 aliphatic rings. The highest BCUT2D eigenvalue weighted by Gasteiger charge is 2.08. The third-order valence-corrected chi connectivity index (χ3v) is 2.55. The first kappa shape index (κ1) is 11.4. The SMILES string of the molecule is COc1ccc(-c2c(N)[nH]c(=S)[nH]c2=O)cc1. The lowest BCUT2D eigenvalue weighted by molar-refractivity contribution is 0.415. The first-order valence-electron chi connectivity index (χ1n) is 4.88. The molecule has 6 heteroatoms. The van der Waals surface area contributed by atoms with Gasteiger partial charge >= 0.3 is 0 Å². The third-order valence-electron chi connectivity index (χ3n) is 2.35. The highest BCUT2D eigenvalue weighted by molar-refractivity contribution is 7.71. The van der Waals surface area contributed by atoms with Gasteiger partial charge in [0.25, 0.3) is 5.56 Å². The maximum absolute atomic E-state index is 11.8. The number of H-pyrrole nitrogens is 2. The fourth-order valence-corrected chi connectivity index (χ4v) is 1.75. The van der Waals surface area contributed by atoms with Crippen LogP contribution < -0.4 is 16.0 Å². The predicted molar refractivity (Wildman–Crippen MR) is 68.6 cm³/mol. The van der Waals surface area contributed by atoms with E-state index in [9.17, 15) is 4.79 Å². The van der Waals surface area contributed by atoms with Crippen molar-refractivity contribution in [1.82, 2.24) is 9.97 Å². The molecule has 2 aromatic rings. The summed E-state index contributed by atoms with van der Waals surface area (Å²) in [6, 6.07) is 7.04. The average molecular weight is 249 g/mol. The van der Waals surface area contributed by atoms with Crippen LogP contribution in [0.4, 0.5) is 5.82 Å². The van der Waals surface area contributed by atoms with E-state index in [0.717, 1.165) is 0 Å². The van der Waals surface area contributed by atoms with Gasteiger partial charge < -0.3 is 15.5 Å². The van der Waals surface area contributed by atoms with Gasteiger partial charge in [0.1, 0.15) is 11.6 Å². The molecule has 2 rings (SSSR count). The summed E-state index contributed by atoms with van der Waals surface area (Å²) in [5, 5.41) is 0. The molecule has 0 saturated carbocycles. The third kappa shape index (κ3) is 2.21. The fraction of sp³-hybridized carbons (Fsp3) is 0.0909. The van der Waals surface area contributed by atoms with Crippen molar-refractivity contribution in [3.63, 3.8) is 0 Å². The molecule has 88 valence electrons. The van der Waals surface area contributed by atoms with Crippen molar-refractivity contribution in [3.05, 3.63) is 39.4 Å². The second-order valence-electron chi connectivity index (χ2n) is 3.43. The number of rotatable bonds is 2. The van der Waals surface area contributed by atoms with Crippen LogP contribution in [0.1, 0.15) is 0 Å². The molecule has 0 saturated heterocycles. The van der Waals surface area contributed by atoms with E-state index in [4.69, 9.17) is 22.7 Å². The van der Waals surface area contributed by atoms with Crippen molar-refractivity contribution in [2.24, 2.45) is 0 Å². The summed E-state index contributed by atoms with van der Waals surface area (Å²) >= 11 is 4.83. The van der Waals surface area contributed by atoms with Gasteiger partial charge in [-0.3, -0.25) is 9.78 Å². The average Bonchev–Trinajstić information content (AvgIpc) is 2.28. The summed E-state index contributed by atoms with van der Waals surface area (Å²) in [4.78, 5) is 17.0. The standard InChI is InChI=1S/C11H11N3O2S/c1-16-7-4-2-6(3-5-7)8-9(12)13-11(17)14-10(8)15/h2-5H,1H3,(H4,12,13,14,15,17). The molecular weight excluding hydrogens is 238 g/mol. The van der Waals surface area contributed by atoms with Gasteiger partial charge in [0.15, 0.2) is 4.77 Å². The first-order valence-corrected chi connectivity index (χ1v) is 5.29. The number of nitrogen functional groups attached to an aromatic ring is 1. The quantitative estimate of drug-likeness (QED) is 0.707. The monoisotopic (exact) mass is 249 g/mol. The van der Waals surface area contributed by atoms with E-state index >= 15 is 0 Å². The summed E-state index contributed by atoms with van der Waals surface area (Å²) in [6.45, 7) is 0. The van der Waals surface area contributed by atoms with Crippen molar-refractivity contribution < 1.29 is 4.74 Å². The Kier molecular flexibility index (Phi) is 2.97. The molecule has 1 aromatic carbocycles. The van der Waals surface area contributed by atoms with Crippen molar-refractivity contribution in [2.45, 2.75) is 0 Å². The zero-order valence-electron chi connectivity index (χ0n) is 9.11. The maximum Gasteiger partial charge on any atom is 0.261 e. The van der Waals surface area contributed by atoms with Gasteiger partial charge in [-0.05, 0) is 29.9 Å². The number of hydrogen-bond acceptors (Lipinski definition) is 4. The van der Waals surface area contributed by atoms with Gasteiger partial charge in [-0.15, -0.1) is 0 Å². The molecule has 0 bridgehead atoms. The first-order chi connectivity index (χ1) is 8.11. The van der Waals surface area contributed by atoms with Gasteiger partial charge in [0.2, 0.25) is 0 Å². The number of hydrogen-bond donors (Lipinski definition) is 3. The molecule has 0 aliphatic carbocycles. The maximum atomic E-state index is 11.8. The minimum atomic E-state index is -0.309. The Morgan fingerprint density at radius 1 is 1.24 bits per heavy atom. The Morgan fingerprint density at radius 3 is 2.41 bits per heavy atom. The highest BCUT2D eigenvalue weighted by Crippen LogP contribution is 2.22. The van der Waals surface area contributed by atoms with Gasteiger partial charge in [-0.1, -0.05) is 12.1 Å². The van der Waals surface area contributed by atoms with Crippen LogP contribution in [0.25, 0.3) is 11.1 Å². The largest absolute Gasteiger partial charge is 0.497 e. The molecule has 0 spiro atoms. The minimum Gasteiger partial charge on any atom is -0.497 e. The molecule has 0 fully saturated rings. The fourth-order valence-electron chi connectivity index (χ4n) is 1.55. The van der Waals surface area contributed by atoms with E-state index in [-0.39, 0.29) is 16.1 Å². The molecule has 0 radical (unpaired) electrons. The Hall–Kier alpha value is -2.08. The van der Waals surface area contributed by atoms with E-state index in [0.29, 0.717) is 16.9 Å². The smallest absolute Gasteiger partial charge is 0.261 e. The minimum absolute atomic E-state index is 0.213. The summed E-state index contributed by atoms with van der Waals surface area (Å²) in [5.74, 6) is 0.969. The normalized spacial score (nSPS) is 10.2. The zero-order chi connectivity index (χ0) is 12.4. The van der Waals surface area contributed by atoms with Crippen LogP contribution in [0.3, 0.4) is 0 Å². The van der Waals surface area contributed by atoms with Crippen LogP contribution in [0.5, 0.6) is 5.75 Å². The lowest BCUT2D eigenvalue weighted by Crippen LogP contribution is -2.13. The number of benzene rings is 1. The van der Waals surface area contributed by atoms with E-state index in [1.165, 1.54) is 0 Å². The number of ether oxygens (including phenoxy) is 1. The molecule has 0 amide bonds. The predicted octanol–water partition coefficient (Wildman–Crippen LogP) is 1.69. The van der Waals surface area contributed by atoms with Crippen molar-refractivity contribution in [2.75, 3.05) is 12.8 Å². The van der Waals surface area contributed by atoms with Gasteiger partial charge in [0, 0.05) is 0 Å². The van der Waals surface area contributed by atoms with E-state index in [1.54, 1.807) is 31.4 Å². The van der Waals surface area contributed by atoms with E-state index in [1.807, 2.05) is 0 Å². The Bertz CT molecular complexity index is 643. The second-order valence-corrected chi connectivity index (χ2v) is 3.83. The summed E-state index contributed by atoms with van der Waals surface area (Å²) in [6.07, 6.45) is 0. The zero-order valence-corrected chi connectivity index (χ0v) is 9.93. The lowest BCUT2D eigenvalue weighted by atomic mass is 10.1. The molecular formula is C11H11N3O2S. The number of aromatic nitrogens is 2. The van der Waals surface area contributed by atoms with E-state index in [2.05, 4.69) is 9.97 Å². The van der Waals surface area contributed by atoms with Crippen LogP contribution in [0.2, 0.25) is 0 Å². The number of methoxy groups -OCH3 is 1. The molecule has 0 aliphatic heterocycles.